The Hall–Kier alpha value is -2.36. The molecule has 0 aliphatic carbocycles. The quantitative estimate of drug-likeness (QED) is 0.831. The number of halogens is 1. The van der Waals surface area contributed by atoms with E-state index >= 15 is 0 Å². The lowest BCUT2D eigenvalue weighted by atomic mass is 10.1. The summed E-state index contributed by atoms with van der Waals surface area (Å²) >= 11 is 0. The predicted molar refractivity (Wildman–Crippen MR) is 73.6 cm³/mol. The second-order valence-electron chi connectivity index (χ2n) is 4.99. The molecular weight excluding hydrogens is 313 g/mol. The first-order valence-electron chi connectivity index (χ1n) is 6.49. The van der Waals surface area contributed by atoms with Gasteiger partial charge >= 0.3 is 0 Å². The molecule has 2 heterocycles. The van der Waals surface area contributed by atoms with E-state index in [1.165, 1.54) is 23.1 Å². The van der Waals surface area contributed by atoms with Crippen molar-refractivity contribution in [1.82, 2.24) is 25.5 Å². The zero-order valence-electron chi connectivity index (χ0n) is 11.3. The van der Waals surface area contributed by atoms with Crippen LogP contribution in [-0.4, -0.2) is 52.1 Å². The van der Waals surface area contributed by atoms with E-state index in [1.807, 2.05) is 0 Å². The van der Waals surface area contributed by atoms with Gasteiger partial charge in [-0.1, -0.05) is 0 Å². The normalized spacial score (nSPS) is 20.0. The summed E-state index contributed by atoms with van der Waals surface area (Å²) in [5, 5.41) is 13.2. The van der Waals surface area contributed by atoms with Gasteiger partial charge in [-0.2, -0.15) is 4.68 Å². The van der Waals surface area contributed by atoms with Crippen molar-refractivity contribution in [1.29, 1.82) is 0 Å². The van der Waals surface area contributed by atoms with Crippen molar-refractivity contribution in [2.24, 2.45) is 0 Å². The van der Waals surface area contributed by atoms with Crippen molar-refractivity contribution in [3.05, 3.63) is 35.9 Å². The van der Waals surface area contributed by atoms with Crippen LogP contribution in [-0.2, 0) is 9.84 Å². The number of sulfone groups is 1. The lowest BCUT2D eigenvalue weighted by molar-refractivity contribution is 0.0940. The van der Waals surface area contributed by atoms with Crippen LogP contribution < -0.4 is 5.32 Å². The number of carbonyl (C=O) groups is 1. The Bertz CT molecular complexity index is 806. The summed E-state index contributed by atoms with van der Waals surface area (Å²) < 4.78 is 37.5. The number of nitrogens with one attached hydrogen (secondary N) is 1. The van der Waals surface area contributed by atoms with Gasteiger partial charge in [0.2, 0.25) is 0 Å². The summed E-state index contributed by atoms with van der Waals surface area (Å²) in [5.41, 5.74) is 0.348. The lowest BCUT2D eigenvalue weighted by Gasteiger charge is -2.13. The van der Waals surface area contributed by atoms with Crippen LogP contribution in [0.25, 0.3) is 5.69 Å². The van der Waals surface area contributed by atoms with Crippen LogP contribution in [0.3, 0.4) is 0 Å². The molecule has 1 atom stereocenters. The number of hydrogen-bond donors (Lipinski definition) is 1. The Labute approximate surface area is 125 Å². The van der Waals surface area contributed by atoms with Crippen LogP contribution in [0, 0.1) is 5.82 Å². The van der Waals surface area contributed by atoms with Crippen molar-refractivity contribution in [3.63, 3.8) is 0 Å². The highest BCUT2D eigenvalue weighted by Crippen LogP contribution is 2.17. The minimum Gasteiger partial charge on any atom is -0.348 e. The van der Waals surface area contributed by atoms with Gasteiger partial charge in [0.15, 0.2) is 9.84 Å². The highest BCUT2D eigenvalue weighted by atomic mass is 32.2. The molecule has 1 amide bonds. The molecule has 1 aliphatic heterocycles. The summed E-state index contributed by atoms with van der Waals surface area (Å²) in [5.74, 6) is -1.21. The molecule has 116 valence electrons. The molecule has 10 heteroatoms. The third kappa shape index (κ3) is 2.96. The molecule has 0 radical (unpaired) electrons. The first kappa shape index (κ1) is 14.6. The number of nitrogens with zero attached hydrogens (tertiary/aromatic N) is 4. The Morgan fingerprint density at radius 3 is 2.86 bits per heavy atom. The molecule has 1 fully saturated rings. The van der Waals surface area contributed by atoms with Crippen molar-refractivity contribution < 1.29 is 17.6 Å². The van der Waals surface area contributed by atoms with Gasteiger partial charge in [-0.05, 0) is 35.0 Å². The average molecular weight is 325 g/mol. The highest BCUT2D eigenvalue weighted by molar-refractivity contribution is 7.91. The molecule has 2 aromatic rings. The van der Waals surface area contributed by atoms with Gasteiger partial charge in [0.25, 0.3) is 5.91 Å². The Morgan fingerprint density at radius 2 is 2.23 bits per heavy atom. The fraction of sp³-hybridized carbons (Fsp3) is 0.333. The van der Waals surface area contributed by atoms with Crippen LogP contribution >= 0.6 is 0 Å². The maximum Gasteiger partial charge on any atom is 0.253 e. The van der Waals surface area contributed by atoms with E-state index < -0.39 is 27.6 Å². The summed E-state index contributed by atoms with van der Waals surface area (Å²) in [6.45, 7) is 0. The van der Waals surface area contributed by atoms with Crippen molar-refractivity contribution in [3.8, 4) is 5.69 Å². The van der Waals surface area contributed by atoms with Gasteiger partial charge in [0.1, 0.15) is 12.1 Å². The van der Waals surface area contributed by atoms with Crippen LogP contribution in [0.5, 0.6) is 0 Å². The average Bonchev–Trinajstić information content (AvgIpc) is 3.08. The second-order valence-corrected chi connectivity index (χ2v) is 7.22. The monoisotopic (exact) mass is 325 g/mol. The van der Waals surface area contributed by atoms with E-state index in [2.05, 4.69) is 20.8 Å². The molecule has 1 aliphatic rings. The summed E-state index contributed by atoms with van der Waals surface area (Å²) in [6, 6.07) is 3.16. The van der Waals surface area contributed by atoms with E-state index in [9.17, 15) is 17.6 Å². The van der Waals surface area contributed by atoms with Crippen LogP contribution in [0.2, 0.25) is 0 Å². The van der Waals surface area contributed by atoms with Crippen LogP contribution in [0.15, 0.2) is 24.5 Å². The zero-order chi connectivity index (χ0) is 15.7. The number of tetrazole rings is 1. The van der Waals surface area contributed by atoms with E-state index in [0.717, 1.165) is 6.07 Å². The summed E-state index contributed by atoms with van der Waals surface area (Å²) in [7, 11) is -3.11. The Balaban J connectivity index is 1.87. The number of amides is 1. The predicted octanol–water partition coefficient (Wildman–Crippen LogP) is -0.282. The highest BCUT2D eigenvalue weighted by Gasteiger charge is 2.29. The third-order valence-electron chi connectivity index (χ3n) is 3.37. The zero-order valence-corrected chi connectivity index (χ0v) is 12.1. The van der Waals surface area contributed by atoms with Gasteiger partial charge < -0.3 is 5.32 Å². The van der Waals surface area contributed by atoms with Crippen molar-refractivity contribution >= 4 is 15.7 Å². The fourth-order valence-electron chi connectivity index (χ4n) is 2.33. The molecule has 3 rings (SSSR count). The number of rotatable bonds is 3. The molecule has 1 saturated heterocycles. The molecule has 0 saturated carbocycles. The topological polar surface area (TPSA) is 107 Å². The second kappa shape index (κ2) is 5.44. The molecule has 1 aromatic carbocycles. The molecule has 1 N–H and O–H groups in total. The van der Waals surface area contributed by atoms with Gasteiger partial charge in [-0.25, -0.2) is 12.8 Å². The maximum absolute atomic E-state index is 13.4. The Morgan fingerprint density at radius 1 is 1.41 bits per heavy atom. The van der Waals surface area contributed by atoms with E-state index in [0.29, 0.717) is 12.1 Å². The molecule has 0 spiro atoms. The number of aromatic nitrogens is 4. The van der Waals surface area contributed by atoms with Gasteiger partial charge in [0.05, 0.1) is 22.8 Å². The number of hydrogen-bond acceptors (Lipinski definition) is 6. The lowest BCUT2D eigenvalue weighted by Crippen LogP contribution is -2.36. The number of carbonyl (C=O) groups excluding carboxylic acids is 1. The molecule has 1 aromatic heterocycles. The van der Waals surface area contributed by atoms with E-state index in [-0.39, 0.29) is 17.1 Å². The molecule has 0 bridgehead atoms. The smallest absolute Gasteiger partial charge is 0.253 e. The van der Waals surface area contributed by atoms with Crippen molar-refractivity contribution in [2.75, 3.05) is 11.5 Å². The van der Waals surface area contributed by atoms with Gasteiger partial charge in [0, 0.05) is 6.04 Å². The van der Waals surface area contributed by atoms with Gasteiger partial charge in [-0.15, -0.1) is 5.10 Å². The first-order valence-corrected chi connectivity index (χ1v) is 8.31. The molecule has 22 heavy (non-hydrogen) atoms. The standard InChI is InChI=1S/C12H12FN5O3S/c13-8-1-2-11(18-7-14-16-17-18)10(5-8)12(19)15-9-3-4-22(20,21)6-9/h1-2,5,7,9H,3-4,6H2,(H,15,19)/t9-/m0/s1. The van der Waals surface area contributed by atoms with E-state index in [4.69, 9.17) is 0 Å². The van der Waals surface area contributed by atoms with Crippen LogP contribution in [0.1, 0.15) is 16.8 Å². The first-order chi connectivity index (χ1) is 10.4. The molecular formula is C12H12FN5O3S. The minimum absolute atomic E-state index is 0.0385. The third-order valence-corrected chi connectivity index (χ3v) is 5.13. The largest absolute Gasteiger partial charge is 0.348 e. The fourth-order valence-corrected chi connectivity index (χ4v) is 4.01. The summed E-state index contributed by atoms with van der Waals surface area (Å²) in [4.78, 5) is 12.3. The maximum atomic E-state index is 13.4. The molecule has 8 nitrogen and oxygen atoms in total. The Kier molecular flexibility index (Phi) is 3.61. The van der Waals surface area contributed by atoms with Crippen molar-refractivity contribution in [2.45, 2.75) is 12.5 Å². The van der Waals surface area contributed by atoms with Crippen LogP contribution in [0.4, 0.5) is 4.39 Å². The number of benzene rings is 1. The summed E-state index contributed by atoms with van der Waals surface area (Å²) in [6.07, 6.45) is 1.63. The SMILES string of the molecule is O=C(N[C@H]1CCS(=O)(=O)C1)c1cc(F)ccc1-n1cnnn1. The van der Waals surface area contributed by atoms with E-state index in [1.54, 1.807) is 0 Å². The van der Waals surface area contributed by atoms with Gasteiger partial charge in [-0.3, -0.25) is 4.79 Å². The molecule has 0 unspecified atom stereocenters. The minimum atomic E-state index is -3.11.